The number of methoxy groups -OCH3 is 1. The van der Waals surface area contributed by atoms with Gasteiger partial charge in [0.25, 0.3) is 0 Å². The van der Waals surface area contributed by atoms with Crippen LogP contribution in [0.3, 0.4) is 0 Å². The van der Waals surface area contributed by atoms with Crippen LogP contribution in [0.5, 0.6) is 0 Å². The average molecular weight is 492 g/mol. The Morgan fingerprint density at radius 3 is 2.32 bits per heavy atom. The van der Waals surface area contributed by atoms with Gasteiger partial charge in [-0.25, -0.2) is 24.4 Å². The largest absolute Gasteiger partial charge is 0.490 e. The summed E-state index contributed by atoms with van der Waals surface area (Å²) < 4.78 is 36.4. The van der Waals surface area contributed by atoms with Gasteiger partial charge in [0, 0.05) is 26.2 Å². The van der Waals surface area contributed by atoms with E-state index in [2.05, 4.69) is 45.7 Å². The minimum atomic E-state index is -5.08. The van der Waals surface area contributed by atoms with Crippen molar-refractivity contribution in [3.05, 3.63) is 18.1 Å². The second-order valence-corrected chi connectivity index (χ2v) is 7.94. The second-order valence-electron chi connectivity index (χ2n) is 7.94. The summed E-state index contributed by atoms with van der Waals surface area (Å²) in [7, 11) is 1.32. The molecule has 2 rings (SSSR count). The number of amides is 2. The van der Waals surface area contributed by atoms with Crippen LogP contribution in [0.15, 0.2) is 12.4 Å². The number of esters is 1. The fourth-order valence-corrected chi connectivity index (χ4v) is 3.21. The first-order valence-corrected chi connectivity index (χ1v) is 10.9. The van der Waals surface area contributed by atoms with E-state index >= 15 is 0 Å². The molecule has 2 N–H and O–H groups in total. The minimum absolute atomic E-state index is 0.0107. The molecule has 0 bridgehead atoms. The number of hydrogen-bond acceptors (Lipinski definition) is 7. The van der Waals surface area contributed by atoms with Crippen LogP contribution >= 0.6 is 0 Å². The van der Waals surface area contributed by atoms with Crippen molar-refractivity contribution in [3.63, 3.8) is 0 Å². The number of alkyl halides is 3. The first-order chi connectivity index (χ1) is 15.9. The van der Waals surface area contributed by atoms with Gasteiger partial charge in [-0.15, -0.1) is 0 Å². The van der Waals surface area contributed by atoms with Gasteiger partial charge in [-0.1, -0.05) is 33.6 Å². The Bertz CT molecular complexity index is 805. The number of nitrogens with zero attached hydrogens (tertiary/aromatic N) is 4. The molecule has 2 heterocycles. The maximum Gasteiger partial charge on any atom is 0.490 e. The zero-order chi connectivity index (χ0) is 25.9. The number of piperazine rings is 1. The Balaban J connectivity index is 0.000000718. The maximum atomic E-state index is 12.6. The van der Waals surface area contributed by atoms with Crippen molar-refractivity contribution in [2.24, 2.45) is 5.92 Å². The lowest BCUT2D eigenvalue weighted by Crippen LogP contribution is -2.59. The standard InChI is InChI=1S/C19H31N5O3.C2HF3O2/c1-5-6-7-8-20-19(26)24-10-9-23(13-16(24)14(2)3)17-12-21-15(11-22-17)18(25)27-4;3-2(4,5)1(6)7/h11-12,14,16H,5-10,13H2,1-4H3,(H,20,26);(H,6,7). The highest BCUT2D eigenvalue weighted by atomic mass is 19.4. The van der Waals surface area contributed by atoms with Gasteiger partial charge in [0.15, 0.2) is 5.69 Å². The quantitative estimate of drug-likeness (QED) is 0.441. The van der Waals surface area contributed by atoms with Crippen LogP contribution in [-0.4, -0.2) is 83.5 Å². The van der Waals surface area contributed by atoms with Crippen molar-refractivity contribution in [1.82, 2.24) is 20.2 Å². The molecule has 10 nitrogen and oxygen atoms in total. The van der Waals surface area contributed by atoms with E-state index in [1.807, 2.05) is 4.90 Å². The number of anilines is 1. The Hall–Kier alpha value is -3.12. The first kappa shape index (κ1) is 28.9. The zero-order valence-corrected chi connectivity index (χ0v) is 19.8. The molecular formula is C21H32F3N5O5. The molecule has 0 aromatic carbocycles. The maximum absolute atomic E-state index is 12.6. The average Bonchev–Trinajstić information content (AvgIpc) is 2.80. The number of carbonyl (C=O) groups excluding carboxylic acids is 2. The third-order valence-corrected chi connectivity index (χ3v) is 5.10. The lowest BCUT2D eigenvalue weighted by atomic mass is 10.00. The third-order valence-electron chi connectivity index (χ3n) is 5.10. The number of carboxylic acids is 1. The number of hydrogen-bond donors (Lipinski definition) is 2. The number of aromatic nitrogens is 2. The third kappa shape index (κ3) is 9.02. The Kier molecular flexibility index (Phi) is 11.5. The van der Waals surface area contributed by atoms with Crippen molar-refractivity contribution in [2.75, 3.05) is 38.2 Å². The van der Waals surface area contributed by atoms with Gasteiger partial charge < -0.3 is 25.0 Å². The molecule has 34 heavy (non-hydrogen) atoms. The van der Waals surface area contributed by atoms with Crippen LogP contribution in [0, 0.1) is 5.92 Å². The van der Waals surface area contributed by atoms with Crippen LogP contribution in [-0.2, 0) is 9.53 Å². The Morgan fingerprint density at radius 1 is 1.21 bits per heavy atom. The van der Waals surface area contributed by atoms with Crippen LogP contribution in [0.2, 0.25) is 0 Å². The van der Waals surface area contributed by atoms with E-state index in [4.69, 9.17) is 9.90 Å². The Labute approximate surface area is 196 Å². The highest BCUT2D eigenvalue weighted by Gasteiger charge is 2.38. The van der Waals surface area contributed by atoms with Crippen LogP contribution < -0.4 is 10.2 Å². The van der Waals surface area contributed by atoms with E-state index in [1.54, 1.807) is 6.20 Å². The van der Waals surface area contributed by atoms with Crippen LogP contribution in [0.4, 0.5) is 23.8 Å². The van der Waals surface area contributed by atoms with E-state index in [-0.39, 0.29) is 17.8 Å². The highest BCUT2D eigenvalue weighted by molar-refractivity contribution is 5.86. The molecule has 0 radical (unpaired) electrons. The van der Waals surface area contributed by atoms with Gasteiger partial charge in [-0.3, -0.25) is 0 Å². The number of halogens is 3. The number of rotatable bonds is 7. The predicted octanol–water partition coefficient (Wildman–Crippen LogP) is 2.94. The van der Waals surface area contributed by atoms with E-state index in [9.17, 15) is 22.8 Å². The number of carbonyl (C=O) groups is 3. The number of nitrogens with one attached hydrogen (secondary N) is 1. The molecule has 2 amide bonds. The molecule has 1 aromatic heterocycles. The molecule has 1 aliphatic heterocycles. The number of urea groups is 1. The molecule has 0 spiro atoms. The number of ether oxygens (including phenoxy) is 1. The molecule has 1 saturated heterocycles. The molecule has 192 valence electrons. The molecule has 1 unspecified atom stereocenters. The van der Waals surface area contributed by atoms with Gasteiger partial charge in [-0.2, -0.15) is 13.2 Å². The summed E-state index contributed by atoms with van der Waals surface area (Å²) in [6.45, 7) is 9.11. The molecule has 1 atom stereocenters. The minimum Gasteiger partial charge on any atom is -0.475 e. The summed E-state index contributed by atoms with van der Waals surface area (Å²) in [5.74, 6) is -2.24. The molecular weight excluding hydrogens is 459 g/mol. The Morgan fingerprint density at radius 2 is 1.85 bits per heavy atom. The molecule has 0 saturated carbocycles. The van der Waals surface area contributed by atoms with Gasteiger partial charge in [-0.05, 0) is 12.3 Å². The van der Waals surface area contributed by atoms with Gasteiger partial charge >= 0.3 is 24.1 Å². The lowest BCUT2D eigenvalue weighted by Gasteiger charge is -2.43. The molecule has 1 fully saturated rings. The van der Waals surface area contributed by atoms with Crippen molar-refractivity contribution in [1.29, 1.82) is 0 Å². The first-order valence-electron chi connectivity index (χ1n) is 10.9. The monoisotopic (exact) mass is 491 g/mol. The number of carboxylic acid groups (broad SMARTS) is 1. The molecule has 0 aliphatic carbocycles. The summed E-state index contributed by atoms with van der Waals surface area (Å²) in [5.41, 5.74) is 0.187. The molecule has 13 heteroatoms. The van der Waals surface area contributed by atoms with Crippen molar-refractivity contribution >= 4 is 23.8 Å². The fourth-order valence-electron chi connectivity index (χ4n) is 3.21. The van der Waals surface area contributed by atoms with Crippen LogP contribution in [0.25, 0.3) is 0 Å². The smallest absolute Gasteiger partial charge is 0.475 e. The van der Waals surface area contributed by atoms with Gasteiger partial charge in [0.2, 0.25) is 0 Å². The number of unbranched alkanes of at least 4 members (excludes halogenated alkanes) is 2. The van der Waals surface area contributed by atoms with Gasteiger partial charge in [0.1, 0.15) is 5.82 Å². The summed E-state index contributed by atoms with van der Waals surface area (Å²) in [5, 5.41) is 10.2. The topological polar surface area (TPSA) is 125 Å². The SMILES string of the molecule is CCCCCNC(=O)N1CCN(c2cnc(C(=O)OC)cn2)CC1C(C)C.O=C(O)C(F)(F)F. The molecule has 1 aliphatic rings. The summed E-state index contributed by atoms with van der Waals surface area (Å²) in [6.07, 6.45) is 1.21. The van der Waals surface area contributed by atoms with Crippen molar-refractivity contribution in [2.45, 2.75) is 52.3 Å². The molecule has 1 aromatic rings. The van der Waals surface area contributed by atoms with E-state index in [0.717, 1.165) is 25.8 Å². The van der Waals surface area contributed by atoms with E-state index < -0.39 is 18.1 Å². The summed E-state index contributed by atoms with van der Waals surface area (Å²) >= 11 is 0. The lowest BCUT2D eigenvalue weighted by molar-refractivity contribution is -0.192. The highest BCUT2D eigenvalue weighted by Crippen LogP contribution is 2.21. The van der Waals surface area contributed by atoms with Crippen LogP contribution in [0.1, 0.15) is 50.5 Å². The normalized spacial score (nSPS) is 15.9. The second kappa shape index (κ2) is 13.6. The van der Waals surface area contributed by atoms with E-state index in [0.29, 0.717) is 31.4 Å². The summed E-state index contributed by atoms with van der Waals surface area (Å²) in [4.78, 5) is 45.5. The van der Waals surface area contributed by atoms with Gasteiger partial charge in [0.05, 0.1) is 25.5 Å². The predicted molar refractivity (Wildman–Crippen MR) is 118 cm³/mol. The van der Waals surface area contributed by atoms with Crippen molar-refractivity contribution in [3.8, 4) is 0 Å². The fraction of sp³-hybridized carbons (Fsp3) is 0.667. The summed E-state index contributed by atoms with van der Waals surface area (Å²) in [6, 6.07) is 0.101. The van der Waals surface area contributed by atoms with E-state index in [1.165, 1.54) is 13.3 Å². The number of aliphatic carboxylic acids is 1. The zero-order valence-electron chi connectivity index (χ0n) is 19.8. The van der Waals surface area contributed by atoms with Crippen molar-refractivity contribution < 1.29 is 37.4 Å².